The highest BCUT2D eigenvalue weighted by Gasteiger charge is 2.45. The molecule has 1 unspecified atom stereocenters. The molecule has 9 nitrogen and oxygen atoms in total. The molecular formula is C23H25N3O6. The molecule has 0 aromatic heterocycles. The molecule has 2 aromatic carbocycles. The molecule has 0 radical (unpaired) electrons. The minimum absolute atomic E-state index is 0.0921. The van der Waals surface area contributed by atoms with Gasteiger partial charge in [0.05, 0.1) is 16.5 Å². The van der Waals surface area contributed by atoms with Gasteiger partial charge in [-0.05, 0) is 24.1 Å². The van der Waals surface area contributed by atoms with E-state index in [-0.39, 0.29) is 23.4 Å². The number of Topliss-reactive ketones (excluding diaryl/α,β-unsaturated/α-hetero) is 1. The number of anilines is 1. The molecule has 168 valence electrons. The maximum atomic E-state index is 13.0. The lowest BCUT2D eigenvalue weighted by atomic mass is 9.95. The van der Waals surface area contributed by atoms with Gasteiger partial charge in [-0.3, -0.25) is 19.7 Å². The van der Waals surface area contributed by atoms with E-state index < -0.39 is 28.4 Å². The van der Waals surface area contributed by atoms with Crippen molar-refractivity contribution in [2.75, 3.05) is 39.3 Å². The van der Waals surface area contributed by atoms with Crippen molar-refractivity contribution in [2.45, 2.75) is 12.5 Å². The zero-order chi connectivity index (χ0) is 23.4. The maximum Gasteiger partial charge on any atom is 0.295 e. The first-order valence-corrected chi connectivity index (χ1v) is 10.1. The highest BCUT2D eigenvalue weighted by Crippen LogP contribution is 2.40. The molecule has 1 heterocycles. The fourth-order valence-electron chi connectivity index (χ4n) is 3.71. The Balaban J connectivity index is 2.13. The third-order valence-electron chi connectivity index (χ3n) is 5.34. The van der Waals surface area contributed by atoms with Gasteiger partial charge in [-0.1, -0.05) is 24.3 Å². The molecular weight excluding hydrogens is 414 g/mol. The van der Waals surface area contributed by atoms with Gasteiger partial charge in [-0.15, -0.1) is 0 Å². The van der Waals surface area contributed by atoms with Gasteiger partial charge < -0.3 is 19.6 Å². The molecule has 1 fully saturated rings. The van der Waals surface area contributed by atoms with Crippen LogP contribution in [0.15, 0.2) is 54.1 Å². The van der Waals surface area contributed by atoms with Gasteiger partial charge in [0, 0.05) is 57.7 Å². The Labute approximate surface area is 185 Å². The second-order valence-electron chi connectivity index (χ2n) is 7.63. The Kier molecular flexibility index (Phi) is 6.89. The van der Waals surface area contributed by atoms with Gasteiger partial charge in [0.1, 0.15) is 5.76 Å². The third-order valence-corrected chi connectivity index (χ3v) is 5.34. The smallest absolute Gasteiger partial charge is 0.295 e. The summed E-state index contributed by atoms with van der Waals surface area (Å²) in [7, 11) is 5.34. The van der Waals surface area contributed by atoms with E-state index in [0.29, 0.717) is 18.6 Å². The fourth-order valence-corrected chi connectivity index (χ4v) is 3.71. The van der Waals surface area contributed by atoms with Gasteiger partial charge >= 0.3 is 0 Å². The van der Waals surface area contributed by atoms with Gasteiger partial charge in [0.25, 0.3) is 17.4 Å². The summed E-state index contributed by atoms with van der Waals surface area (Å²) in [6.45, 7) is 0.657. The molecule has 9 heteroatoms. The number of nitro groups is 1. The molecule has 3 rings (SSSR count). The molecule has 0 spiro atoms. The minimum atomic E-state index is -0.826. The van der Waals surface area contributed by atoms with Gasteiger partial charge in [-0.2, -0.15) is 0 Å². The Morgan fingerprint density at radius 2 is 1.88 bits per heavy atom. The molecule has 1 aliphatic rings. The Morgan fingerprint density at radius 3 is 2.47 bits per heavy atom. The maximum absolute atomic E-state index is 13.0. The van der Waals surface area contributed by atoms with Crippen molar-refractivity contribution < 1.29 is 24.4 Å². The van der Waals surface area contributed by atoms with Crippen molar-refractivity contribution in [3.63, 3.8) is 0 Å². The van der Waals surface area contributed by atoms with E-state index in [1.165, 1.54) is 29.2 Å². The zero-order valence-electron chi connectivity index (χ0n) is 18.1. The second kappa shape index (κ2) is 9.61. The van der Waals surface area contributed by atoms with Crippen LogP contribution in [0.25, 0.3) is 5.76 Å². The molecule has 1 atom stereocenters. The quantitative estimate of drug-likeness (QED) is 0.168. The van der Waals surface area contributed by atoms with Crippen molar-refractivity contribution >= 4 is 28.8 Å². The average molecular weight is 439 g/mol. The van der Waals surface area contributed by atoms with E-state index in [4.69, 9.17) is 4.74 Å². The lowest BCUT2D eigenvalue weighted by Gasteiger charge is -2.25. The predicted molar refractivity (Wildman–Crippen MR) is 119 cm³/mol. The molecule has 1 N–H and O–H groups in total. The van der Waals surface area contributed by atoms with Gasteiger partial charge in [0.2, 0.25) is 0 Å². The number of carbonyl (C=O) groups excluding carboxylic acids is 2. The van der Waals surface area contributed by atoms with Crippen LogP contribution in [-0.2, 0) is 14.3 Å². The van der Waals surface area contributed by atoms with E-state index in [1.54, 1.807) is 19.2 Å². The number of ether oxygens (including phenoxy) is 1. The number of non-ortho nitro benzene ring substituents is 1. The van der Waals surface area contributed by atoms with E-state index in [0.717, 1.165) is 5.69 Å². The summed E-state index contributed by atoms with van der Waals surface area (Å²) >= 11 is 0. The van der Waals surface area contributed by atoms with Crippen LogP contribution in [0.5, 0.6) is 0 Å². The minimum Gasteiger partial charge on any atom is -0.507 e. The van der Waals surface area contributed by atoms with Crippen molar-refractivity contribution in [3.8, 4) is 0 Å². The van der Waals surface area contributed by atoms with E-state index in [9.17, 15) is 24.8 Å². The molecule has 32 heavy (non-hydrogen) atoms. The molecule has 2 aromatic rings. The van der Waals surface area contributed by atoms with Gasteiger partial charge in [0.15, 0.2) is 0 Å². The normalized spacial score (nSPS) is 17.6. The van der Waals surface area contributed by atoms with Crippen LogP contribution in [0.2, 0.25) is 0 Å². The summed E-state index contributed by atoms with van der Waals surface area (Å²) < 4.78 is 5.07. The van der Waals surface area contributed by atoms with Crippen LogP contribution in [-0.4, -0.2) is 61.0 Å². The number of methoxy groups -OCH3 is 1. The number of aliphatic hydroxyl groups is 1. The topological polar surface area (TPSA) is 113 Å². The number of carbonyl (C=O) groups is 2. The van der Waals surface area contributed by atoms with E-state index in [2.05, 4.69) is 0 Å². The highest BCUT2D eigenvalue weighted by molar-refractivity contribution is 6.46. The number of hydrogen-bond acceptors (Lipinski definition) is 7. The lowest BCUT2D eigenvalue weighted by molar-refractivity contribution is -0.384. The summed E-state index contributed by atoms with van der Waals surface area (Å²) in [5.41, 5.74) is 1.37. The van der Waals surface area contributed by atoms with Crippen molar-refractivity contribution in [1.29, 1.82) is 0 Å². The SMILES string of the molecule is COCCCN1C(=O)C(=O)/C(=C(\O)c2cccc([N+](=O)[O-])c2)C1c1ccc(N(C)C)cc1. The van der Waals surface area contributed by atoms with Crippen LogP contribution >= 0.6 is 0 Å². The summed E-state index contributed by atoms with van der Waals surface area (Å²) in [4.78, 5) is 39.7. The van der Waals surface area contributed by atoms with Crippen molar-refractivity contribution in [2.24, 2.45) is 0 Å². The number of rotatable bonds is 8. The molecule has 1 amide bonds. The summed E-state index contributed by atoms with van der Waals surface area (Å²) in [5.74, 6) is -1.99. The lowest BCUT2D eigenvalue weighted by Crippen LogP contribution is -2.31. The number of nitrogens with zero attached hydrogens (tertiary/aromatic N) is 3. The van der Waals surface area contributed by atoms with E-state index in [1.807, 2.05) is 31.1 Å². The first-order valence-electron chi connectivity index (χ1n) is 10.1. The number of hydrogen-bond donors (Lipinski definition) is 1. The van der Waals surface area contributed by atoms with Crippen LogP contribution < -0.4 is 4.90 Å². The van der Waals surface area contributed by atoms with Crippen LogP contribution in [0.1, 0.15) is 23.6 Å². The number of benzene rings is 2. The van der Waals surface area contributed by atoms with Crippen molar-refractivity contribution in [1.82, 2.24) is 4.90 Å². The molecule has 0 saturated carbocycles. The van der Waals surface area contributed by atoms with Gasteiger partial charge in [-0.25, -0.2) is 0 Å². The highest BCUT2D eigenvalue weighted by atomic mass is 16.6. The number of ketones is 1. The Morgan fingerprint density at radius 1 is 1.19 bits per heavy atom. The molecule has 0 aliphatic carbocycles. The second-order valence-corrected chi connectivity index (χ2v) is 7.63. The average Bonchev–Trinajstić information content (AvgIpc) is 3.04. The molecule has 1 aliphatic heterocycles. The van der Waals surface area contributed by atoms with E-state index >= 15 is 0 Å². The first-order chi connectivity index (χ1) is 15.3. The first kappa shape index (κ1) is 23.0. The summed E-state index contributed by atoms with van der Waals surface area (Å²) in [6.07, 6.45) is 0.507. The standard InChI is InChI=1S/C23H25N3O6/c1-24(2)17-10-8-15(9-11-17)20-19(22(28)23(29)25(20)12-5-13-32-3)21(27)16-6-4-7-18(14-16)26(30)31/h4,6-11,14,20,27H,5,12-13H2,1-3H3/b21-19-. The Bertz CT molecular complexity index is 1060. The predicted octanol–water partition coefficient (Wildman–Crippen LogP) is 3.12. The molecule has 1 saturated heterocycles. The monoisotopic (exact) mass is 439 g/mol. The Hall–Kier alpha value is -3.72. The van der Waals surface area contributed by atoms with Crippen molar-refractivity contribution in [3.05, 3.63) is 75.3 Å². The number of amides is 1. The van der Waals surface area contributed by atoms with Crippen LogP contribution in [0.4, 0.5) is 11.4 Å². The third kappa shape index (κ3) is 4.47. The van der Waals surface area contributed by atoms with Crippen LogP contribution in [0.3, 0.4) is 0 Å². The zero-order valence-corrected chi connectivity index (χ0v) is 18.1. The number of aliphatic hydroxyl groups excluding tert-OH is 1. The summed E-state index contributed by atoms with van der Waals surface area (Å²) in [6, 6.07) is 11.9. The molecule has 0 bridgehead atoms. The fraction of sp³-hybridized carbons (Fsp3) is 0.304. The number of nitro benzene ring substituents is 1. The van der Waals surface area contributed by atoms with Crippen LogP contribution in [0, 0.1) is 10.1 Å². The number of likely N-dealkylation sites (tertiary alicyclic amines) is 1. The largest absolute Gasteiger partial charge is 0.507 e. The summed E-state index contributed by atoms with van der Waals surface area (Å²) in [5, 5.41) is 22.2.